The van der Waals surface area contributed by atoms with E-state index in [0.717, 1.165) is 11.1 Å². The van der Waals surface area contributed by atoms with E-state index in [0.29, 0.717) is 15.6 Å². The normalized spacial score (nSPS) is 13.8. The molecule has 0 saturated carbocycles. The molecule has 26 heavy (non-hydrogen) atoms. The first kappa shape index (κ1) is 18.9. The Morgan fingerprint density at radius 2 is 1.81 bits per heavy atom. The van der Waals surface area contributed by atoms with Gasteiger partial charge in [-0.3, -0.25) is 0 Å². The second-order valence-corrected chi connectivity index (χ2v) is 7.09. The molecule has 1 atom stereocenters. The zero-order valence-electron chi connectivity index (χ0n) is 14.4. The van der Waals surface area contributed by atoms with Crippen LogP contribution < -0.4 is 0 Å². The Morgan fingerprint density at radius 3 is 2.38 bits per heavy atom. The molecule has 0 bridgehead atoms. The van der Waals surface area contributed by atoms with E-state index in [-0.39, 0.29) is 12.6 Å². The number of aromatic nitrogens is 3. The highest BCUT2D eigenvalue weighted by Crippen LogP contribution is 2.35. The Bertz CT molecular complexity index is 867. The minimum absolute atomic E-state index is 0.0746. The monoisotopic (exact) mass is 391 g/mol. The number of hydrogen-bond acceptors (Lipinski definition) is 4. The third kappa shape index (κ3) is 4.24. The number of benzene rings is 2. The van der Waals surface area contributed by atoms with E-state index in [2.05, 4.69) is 10.1 Å². The maximum Gasteiger partial charge on any atom is 0.214 e. The van der Waals surface area contributed by atoms with Crippen LogP contribution in [0, 0.1) is 0 Å². The van der Waals surface area contributed by atoms with E-state index >= 15 is 0 Å². The second-order valence-electron chi connectivity index (χ2n) is 6.25. The van der Waals surface area contributed by atoms with E-state index in [1.807, 2.05) is 44.2 Å². The number of nitrogens with zero attached hydrogens (tertiary/aromatic N) is 3. The predicted octanol–water partition coefficient (Wildman–Crippen LogP) is 4.52. The lowest BCUT2D eigenvalue weighted by Crippen LogP contribution is -2.37. The van der Waals surface area contributed by atoms with Crippen LogP contribution in [0.2, 0.25) is 10.0 Å². The minimum atomic E-state index is -1.63. The van der Waals surface area contributed by atoms with E-state index < -0.39 is 5.79 Å². The molecule has 1 heterocycles. The summed E-state index contributed by atoms with van der Waals surface area (Å²) in [7, 11) is 0. The summed E-state index contributed by atoms with van der Waals surface area (Å²) in [4.78, 5) is 3.90. The molecule has 0 fully saturated rings. The van der Waals surface area contributed by atoms with Crippen LogP contribution in [0.5, 0.6) is 0 Å². The molecule has 0 aliphatic heterocycles. The smallest absolute Gasteiger partial charge is 0.214 e. The molecular formula is C19H19Cl2N3O2. The Balaban J connectivity index is 1.97. The molecule has 5 nitrogen and oxygen atoms in total. The molecule has 0 aliphatic rings. The summed E-state index contributed by atoms with van der Waals surface area (Å²) < 4.78 is 7.31. The van der Waals surface area contributed by atoms with E-state index in [9.17, 15) is 5.11 Å². The third-order valence-electron chi connectivity index (χ3n) is 3.84. The van der Waals surface area contributed by atoms with Crippen molar-refractivity contribution in [2.75, 3.05) is 0 Å². The summed E-state index contributed by atoms with van der Waals surface area (Å²) in [6.07, 6.45) is 2.71. The van der Waals surface area contributed by atoms with Gasteiger partial charge in [-0.2, -0.15) is 5.10 Å². The van der Waals surface area contributed by atoms with Crippen LogP contribution in [-0.2, 0) is 17.1 Å². The molecule has 3 rings (SSSR count). The summed E-state index contributed by atoms with van der Waals surface area (Å²) in [6.45, 7) is 3.77. The molecule has 0 spiro atoms. The average Bonchev–Trinajstić information content (AvgIpc) is 3.07. The number of halogens is 2. The number of rotatable bonds is 6. The Kier molecular flexibility index (Phi) is 5.63. The molecular weight excluding hydrogens is 373 g/mol. The Labute approximate surface area is 162 Å². The van der Waals surface area contributed by atoms with Crippen LogP contribution in [0.4, 0.5) is 0 Å². The van der Waals surface area contributed by atoms with Gasteiger partial charge in [0.1, 0.15) is 19.2 Å². The van der Waals surface area contributed by atoms with Gasteiger partial charge in [-0.25, -0.2) is 9.67 Å². The highest BCUT2D eigenvalue weighted by molar-refractivity contribution is 6.32. The van der Waals surface area contributed by atoms with Crippen LogP contribution in [0.3, 0.4) is 0 Å². The molecule has 1 aromatic heterocycles. The molecule has 0 radical (unpaired) electrons. The first-order valence-electron chi connectivity index (χ1n) is 8.16. The molecule has 0 aliphatic carbocycles. The molecule has 7 heteroatoms. The maximum absolute atomic E-state index is 11.2. The lowest BCUT2D eigenvalue weighted by atomic mass is 9.99. The van der Waals surface area contributed by atoms with E-state index in [1.165, 1.54) is 17.3 Å². The van der Waals surface area contributed by atoms with Gasteiger partial charge in [0.25, 0.3) is 0 Å². The zero-order chi connectivity index (χ0) is 18.7. The number of hydrogen-bond donors (Lipinski definition) is 1. The van der Waals surface area contributed by atoms with Crippen molar-refractivity contribution in [3.05, 3.63) is 70.7 Å². The summed E-state index contributed by atoms with van der Waals surface area (Å²) >= 11 is 12.4. The fourth-order valence-corrected chi connectivity index (χ4v) is 3.22. The van der Waals surface area contributed by atoms with Crippen molar-refractivity contribution >= 4 is 23.2 Å². The SMILES string of the molecule is CC(C)OC(O)(Cn1cncn1)c1ccc(-c2ccc(Cl)cc2)cc1Cl. The summed E-state index contributed by atoms with van der Waals surface area (Å²) in [5.74, 6) is -1.63. The topological polar surface area (TPSA) is 60.2 Å². The fraction of sp³-hybridized carbons (Fsp3) is 0.263. The van der Waals surface area contributed by atoms with Crippen LogP contribution >= 0.6 is 23.2 Å². The van der Waals surface area contributed by atoms with Crippen LogP contribution in [0.25, 0.3) is 11.1 Å². The first-order valence-corrected chi connectivity index (χ1v) is 8.91. The summed E-state index contributed by atoms with van der Waals surface area (Å²) in [6, 6.07) is 12.9. The average molecular weight is 392 g/mol. The van der Waals surface area contributed by atoms with E-state index in [4.69, 9.17) is 27.9 Å². The third-order valence-corrected chi connectivity index (χ3v) is 4.41. The van der Waals surface area contributed by atoms with Crippen molar-refractivity contribution < 1.29 is 9.84 Å². The fourth-order valence-electron chi connectivity index (χ4n) is 2.76. The standard InChI is InChI=1S/C19H19Cl2N3O2/c1-13(2)26-19(25,10-24-12-22-11-23-24)17-8-5-15(9-18(17)21)14-3-6-16(20)7-4-14/h3-9,11-13,25H,10H2,1-2H3. The van der Waals surface area contributed by atoms with Gasteiger partial charge in [0.05, 0.1) is 6.10 Å². The summed E-state index contributed by atoms with van der Waals surface area (Å²) in [5, 5.41) is 16.3. The highest BCUT2D eigenvalue weighted by Gasteiger charge is 2.35. The van der Waals surface area contributed by atoms with Gasteiger partial charge in [0, 0.05) is 15.6 Å². The van der Waals surface area contributed by atoms with Gasteiger partial charge in [0.15, 0.2) is 0 Å². The minimum Gasteiger partial charge on any atom is -0.360 e. The quantitative estimate of drug-likeness (QED) is 0.627. The van der Waals surface area contributed by atoms with Crippen molar-refractivity contribution in [1.82, 2.24) is 14.8 Å². The van der Waals surface area contributed by atoms with E-state index in [1.54, 1.807) is 12.1 Å². The van der Waals surface area contributed by atoms with Gasteiger partial charge < -0.3 is 9.84 Å². The molecule has 3 aromatic rings. The molecule has 1 unspecified atom stereocenters. The second kappa shape index (κ2) is 7.76. The molecule has 0 saturated heterocycles. The molecule has 0 amide bonds. The molecule has 2 aromatic carbocycles. The van der Waals surface area contributed by atoms with Crippen LogP contribution in [-0.4, -0.2) is 26.0 Å². The van der Waals surface area contributed by atoms with Crippen molar-refractivity contribution in [2.24, 2.45) is 0 Å². The van der Waals surface area contributed by atoms with Crippen molar-refractivity contribution in [3.63, 3.8) is 0 Å². The molecule has 1 N–H and O–H groups in total. The largest absolute Gasteiger partial charge is 0.360 e. The van der Waals surface area contributed by atoms with Gasteiger partial charge in [-0.1, -0.05) is 47.5 Å². The zero-order valence-corrected chi connectivity index (χ0v) is 15.9. The van der Waals surface area contributed by atoms with Crippen molar-refractivity contribution in [3.8, 4) is 11.1 Å². The predicted molar refractivity (Wildman–Crippen MR) is 102 cm³/mol. The van der Waals surface area contributed by atoms with Gasteiger partial charge >= 0.3 is 0 Å². The lowest BCUT2D eigenvalue weighted by Gasteiger charge is -2.31. The Hall–Kier alpha value is -1.92. The van der Waals surface area contributed by atoms with Crippen LogP contribution in [0.1, 0.15) is 19.4 Å². The van der Waals surface area contributed by atoms with Gasteiger partial charge in [0.2, 0.25) is 5.79 Å². The highest BCUT2D eigenvalue weighted by atomic mass is 35.5. The summed E-state index contributed by atoms with van der Waals surface area (Å²) in [5.41, 5.74) is 2.37. The number of aliphatic hydroxyl groups is 1. The van der Waals surface area contributed by atoms with Crippen molar-refractivity contribution in [1.29, 1.82) is 0 Å². The van der Waals surface area contributed by atoms with Gasteiger partial charge in [-0.05, 0) is 43.2 Å². The number of ether oxygens (including phenoxy) is 1. The lowest BCUT2D eigenvalue weighted by molar-refractivity contribution is -0.241. The Morgan fingerprint density at radius 1 is 1.12 bits per heavy atom. The first-order chi connectivity index (χ1) is 12.4. The molecule has 136 valence electrons. The van der Waals surface area contributed by atoms with Crippen molar-refractivity contribution in [2.45, 2.75) is 32.3 Å². The van der Waals surface area contributed by atoms with Gasteiger partial charge in [-0.15, -0.1) is 0 Å². The van der Waals surface area contributed by atoms with Crippen LogP contribution in [0.15, 0.2) is 55.1 Å². The maximum atomic E-state index is 11.2.